The quantitative estimate of drug-likeness (QED) is 0.461. The van der Waals surface area contributed by atoms with Crippen LogP contribution in [0.2, 0.25) is 0 Å². The Kier molecular flexibility index (Phi) is 5.80. The second-order valence-corrected chi connectivity index (χ2v) is 9.72. The maximum absolute atomic E-state index is 9.09. The Morgan fingerprint density at radius 3 is 2.77 bits per heavy atom. The molecular weight excluding hydrogens is 413 g/mol. The normalized spacial score (nSPS) is 21.3. The summed E-state index contributed by atoms with van der Waals surface area (Å²) in [6.07, 6.45) is 7.58. The molecule has 9 heteroatoms. The van der Waals surface area contributed by atoms with E-state index in [1.807, 2.05) is 24.3 Å². The fourth-order valence-corrected chi connectivity index (χ4v) is 4.86. The molecule has 2 aliphatic rings. The van der Waals surface area contributed by atoms with E-state index in [0.717, 1.165) is 40.9 Å². The highest BCUT2D eigenvalue weighted by atomic mass is 31.2. The number of fused-ring (bicyclic) bond motifs is 1. The smallest absolute Gasteiger partial charge is 0.168 e. The molecule has 1 aromatic carbocycles. The largest absolute Gasteiger partial charge is 0.493 e. The fraction of sp³-hybridized carbons (Fsp3) is 0.455. The molecule has 4 N–H and O–H groups in total. The minimum absolute atomic E-state index is 0.222. The molecule has 0 bridgehead atoms. The van der Waals surface area contributed by atoms with Crippen LogP contribution in [-0.2, 0) is 0 Å². The van der Waals surface area contributed by atoms with E-state index in [2.05, 4.69) is 25.6 Å². The molecule has 164 valence electrons. The molecule has 31 heavy (non-hydrogen) atoms. The number of likely N-dealkylation sites (tertiary alicyclic amines) is 1. The van der Waals surface area contributed by atoms with Crippen LogP contribution < -0.4 is 10.5 Å². The van der Waals surface area contributed by atoms with Gasteiger partial charge in [-0.3, -0.25) is 0 Å². The number of anilines is 1. The summed E-state index contributed by atoms with van der Waals surface area (Å²) in [4.78, 5) is 29.5. The summed E-state index contributed by atoms with van der Waals surface area (Å²) < 4.78 is 7.97. The van der Waals surface area contributed by atoms with Crippen molar-refractivity contribution in [2.45, 2.75) is 25.3 Å². The van der Waals surface area contributed by atoms with Gasteiger partial charge in [-0.05, 0) is 56.0 Å². The molecule has 0 amide bonds. The van der Waals surface area contributed by atoms with Crippen molar-refractivity contribution < 1.29 is 14.5 Å². The van der Waals surface area contributed by atoms with E-state index in [1.54, 1.807) is 0 Å². The van der Waals surface area contributed by atoms with Crippen molar-refractivity contribution in [2.24, 2.45) is 5.92 Å². The van der Waals surface area contributed by atoms with E-state index in [9.17, 15) is 0 Å². The van der Waals surface area contributed by atoms with Crippen LogP contribution in [0.15, 0.2) is 36.8 Å². The lowest BCUT2D eigenvalue weighted by Crippen LogP contribution is -2.43. The van der Waals surface area contributed by atoms with Crippen LogP contribution >= 0.6 is 8.38 Å². The summed E-state index contributed by atoms with van der Waals surface area (Å²) in [5, 5.41) is 0.875. The van der Waals surface area contributed by atoms with Gasteiger partial charge in [0.15, 0.2) is 8.38 Å². The Morgan fingerprint density at radius 1 is 1.19 bits per heavy atom. The molecule has 1 saturated carbocycles. The van der Waals surface area contributed by atoms with Gasteiger partial charge in [0.2, 0.25) is 0 Å². The molecule has 0 unspecified atom stereocenters. The number of ether oxygens (including phenoxy) is 1. The molecule has 0 spiro atoms. The van der Waals surface area contributed by atoms with Crippen molar-refractivity contribution in [3.8, 4) is 16.9 Å². The highest BCUT2D eigenvalue weighted by Gasteiger charge is 2.34. The zero-order chi connectivity index (χ0) is 21.4. The van der Waals surface area contributed by atoms with Gasteiger partial charge in [0.25, 0.3) is 0 Å². The Morgan fingerprint density at radius 2 is 2.03 bits per heavy atom. The van der Waals surface area contributed by atoms with Crippen molar-refractivity contribution >= 4 is 25.2 Å². The lowest BCUT2D eigenvalue weighted by atomic mass is 9.79. The van der Waals surface area contributed by atoms with E-state index >= 15 is 0 Å². The molecule has 8 nitrogen and oxygen atoms in total. The number of aromatic nitrogens is 3. The first-order valence-electron chi connectivity index (χ1n) is 10.8. The maximum Gasteiger partial charge on any atom is 0.168 e. The molecule has 2 fully saturated rings. The minimum Gasteiger partial charge on any atom is -0.493 e. The van der Waals surface area contributed by atoms with E-state index in [0.29, 0.717) is 17.6 Å². The lowest BCUT2D eigenvalue weighted by molar-refractivity contribution is 0.0921. The van der Waals surface area contributed by atoms with Gasteiger partial charge in [-0.1, -0.05) is 12.1 Å². The van der Waals surface area contributed by atoms with Crippen LogP contribution in [-0.4, -0.2) is 61.6 Å². The molecular formula is C22H28N5O3P. The van der Waals surface area contributed by atoms with Gasteiger partial charge in [-0.2, -0.15) is 0 Å². The second kappa shape index (κ2) is 8.71. The number of rotatable bonds is 8. The summed E-state index contributed by atoms with van der Waals surface area (Å²) >= 11 is 0. The lowest BCUT2D eigenvalue weighted by Gasteiger charge is -2.42. The topological polar surface area (TPSA) is 110 Å². The van der Waals surface area contributed by atoms with Crippen molar-refractivity contribution in [3.63, 3.8) is 0 Å². The van der Waals surface area contributed by atoms with Gasteiger partial charge >= 0.3 is 0 Å². The summed E-state index contributed by atoms with van der Waals surface area (Å²) in [5.41, 5.74) is 9.14. The number of nitrogen functional groups attached to an aromatic ring is 1. The average molecular weight is 441 g/mol. The van der Waals surface area contributed by atoms with E-state index in [-0.39, 0.29) is 12.8 Å². The first-order chi connectivity index (χ1) is 15.1. The Labute approximate surface area is 182 Å². The number of hydrogen-bond donors (Lipinski definition) is 3. The first kappa shape index (κ1) is 20.6. The summed E-state index contributed by atoms with van der Waals surface area (Å²) in [6.45, 7) is 3.97. The predicted molar refractivity (Wildman–Crippen MR) is 122 cm³/mol. The molecule has 0 atom stereocenters. The molecule has 1 aliphatic heterocycles. The van der Waals surface area contributed by atoms with E-state index in [4.69, 9.17) is 20.3 Å². The molecule has 2 aromatic heterocycles. The Balaban J connectivity index is 1.40. The number of nitrogens with zero attached hydrogens (tertiary/aromatic N) is 4. The van der Waals surface area contributed by atoms with E-state index < -0.39 is 8.38 Å². The average Bonchev–Trinajstić information content (AvgIpc) is 3.06. The van der Waals surface area contributed by atoms with Crippen molar-refractivity contribution in [1.29, 1.82) is 0 Å². The van der Waals surface area contributed by atoms with Crippen molar-refractivity contribution in [2.75, 3.05) is 38.1 Å². The zero-order valence-electron chi connectivity index (χ0n) is 17.4. The maximum atomic E-state index is 9.09. The third-order valence-electron chi connectivity index (χ3n) is 6.41. The van der Waals surface area contributed by atoms with Crippen LogP contribution in [0.3, 0.4) is 0 Å². The molecule has 0 radical (unpaired) electrons. The van der Waals surface area contributed by atoms with Gasteiger partial charge in [-0.25, -0.2) is 9.97 Å². The van der Waals surface area contributed by atoms with Crippen molar-refractivity contribution in [1.82, 2.24) is 19.4 Å². The van der Waals surface area contributed by atoms with Crippen LogP contribution in [0.25, 0.3) is 22.2 Å². The van der Waals surface area contributed by atoms with E-state index in [1.165, 1.54) is 32.4 Å². The molecule has 3 aromatic rings. The van der Waals surface area contributed by atoms with Crippen LogP contribution in [0.5, 0.6) is 5.75 Å². The third kappa shape index (κ3) is 4.26. The third-order valence-corrected chi connectivity index (χ3v) is 7.00. The van der Waals surface area contributed by atoms with Gasteiger partial charge < -0.3 is 29.7 Å². The molecule has 1 saturated heterocycles. The summed E-state index contributed by atoms with van der Waals surface area (Å²) in [5.74, 6) is 1.92. The van der Waals surface area contributed by atoms with Gasteiger partial charge in [-0.15, -0.1) is 0 Å². The van der Waals surface area contributed by atoms with Gasteiger partial charge in [0.1, 0.15) is 23.5 Å². The summed E-state index contributed by atoms with van der Waals surface area (Å²) in [6, 6.07) is 8.21. The van der Waals surface area contributed by atoms with Crippen LogP contribution in [0.1, 0.15) is 25.3 Å². The van der Waals surface area contributed by atoms with Crippen LogP contribution in [0.4, 0.5) is 5.82 Å². The first-order valence-corrected chi connectivity index (χ1v) is 12.2. The highest BCUT2D eigenvalue weighted by molar-refractivity contribution is 7.45. The second-order valence-electron chi connectivity index (χ2n) is 8.53. The number of nitrogens with two attached hydrogens (primary N) is 1. The molecule has 1 aliphatic carbocycles. The SMILES string of the molecule is Nc1ncnc2c1c(-c1cccc(OCCP(O)O)c1)cn2C1CC(CN2CCC2)C1. The number of benzene rings is 1. The van der Waals surface area contributed by atoms with Crippen molar-refractivity contribution in [3.05, 3.63) is 36.8 Å². The Bertz CT molecular complexity index is 1060. The zero-order valence-corrected chi connectivity index (χ0v) is 18.3. The summed E-state index contributed by atoms with van der Waals surface area (Å²) in [7, 11) is -1.95. The number of hydrogen-bond acceptors (Lipinski definition) is 7. The molecule has 3 heterocycles. The standard InChI is InChI=1S/C22H28N5O3P/c23-21-20-19(16-3-1-4-18(11-16)30-7-8-31(28)29)13-27(22(20)25-14-24-21)17-9-15(10-17)12-26-5-2-6-26/h1,3-4,11,13-15,17,28-29H,2,5-10,12H2,(H2,23,24,25). The highest BCUT2D eigenvalue weighted by Crippen LogP contribution is 2.43. The van der Waals surface area contributed by atoms with Gasteiger partial charge in [0.05, 0.1) is 18.2 Å². The van der Waals surface area contributed by atoms with Gasteiger partial charge in [0, 0.05) is 24.3 Å². The monoisotopic (exact) mass is 441 g/mol. The van der Waals surface area contributed by atoms with Crippen LogP contribution in [0, 0.1) is 5.92 Å². The molecule has 5 rings (SSSR count). The predicted octanol–water partition coefficient (Wildman–Crippen LogP) is 3.01. The Hall–Kier alpha value is -2.25. The fourth-order valence-electron chi connectivity index (χ4n) is 4.61. The minimum atomic E-state index is -1.95.